The van der Waals surface area contributed by atoms with E-state index in [2.05, 4.69) is 138 Å². The highest BCUT2D eigenvalue weighted by atomic mass is 15.4. The predicted octanol–water partition coefficient (Wildman–Crippen LogP) is 9.74. The number of hydrogen-bond acceptors (Lipinski definition) is 2. The fourth-order valence-corrected chi connectivity index (χ4v) is 4.82. The molecule has 0 fully saturated rings. The van der Waals surface area contributed by atoms with Gasteiger partial charge in [-0.3, -0.25) is 0 Å². The zero-order valence-electron chi connectivity index (χ0n) is 21.0. The third kappa shape index (κ3) is 6.76. The molecule has 0 N–H and O–H groups in total. The number of nitrogens with zero attached hydrogens (tertiary/aromatic N) is 2. The maximum Gasteiger partial charge on any atom is 0.111 e. The Morgan fingerprint density at radius 1 is 0.429 bits per heavy atom. The Morgan fingerprint density at radius 2 is 0.743 bits per heavy atom. The maximum absolute atomic E-state index is 2.52. The van der Waals surface area contributed by atoms with Crippen molar-refractivity contribution < 1.29 is 0 Å². The van der Waals surface area contributed by atoms with Crippen molar-refractivity contribution in [2.45, 2.75) is 58.0 Å². The molecule has 0 unspecified atom stereocenters. The molecule has 4 aromatic carbocycles. The number of unbranched alkanes of at least 4 members (excludes halogenated alkanes) is 5. The van der Waals surface area contributed by atoms with Crippen LogP contribution in [0.15, 0.2) is 121 Å². The van der Waals surface area contributed by atoms with Crippen LogP contribution >= 0.6 is 0 Å². The number of rotatable bonds is 13. The molecule has 0 amide bonds. The van der Waals surface area contributed by atoms with Gasteiger partial charge in [0.05, 0.1) is 0 Å². The molecule has 0 saturated heterocycles. The van der Waals surface area contributed by atoms with Crippen LogP contribution in [0.5, 0.6) is 0 Å². The second-order valence-electron chi connectivity index (χ2n) is 9.12. The van der Waals surface area contributed by atoms with Crippen LogP contribution in [-0.4, -0.2) is 6.17 Å². The molecule has 2 heteroatoms. The number of benzene rings is 4. The monoisotopic (exact) mass is 462 g/mol. The minimum atomic E-state index is 0.135. The summed E-state index contributed by atoms with van der Waals surface area (Å²) >= 11 is 0. The van der Waals surface area contributed by atoms with E-state index in [1.165, 1.54) is 61.3 Å². The number of para-hydroxylation sites is 4. The summed E-state index contributed by atoms with van der Waals surface area (Å²) in [5, 5.41) is 0. The zero-order chi connectivity index (χ0) is 24.1. The Labute approximate surface area is 211 Å². The van der Waals surface area contributed by atoms with Crippen LogP contribution in [0.25, 0.3) is 0 Å². The maximum atomic E-state index is 2.52. The smallest absolute Gasteiger partial charge is 0.111 e. The van der Waals surface area contributed by atoms with Crippen molar-refractivity contribution in [2.24, 2.45) is 0 Å². The molecule has 0 aliphatic rings. The standard InChI is InChI=1S/C33H38N2/c1-2-3-4-5-6-19-28-33(34(29-20-11-7-12-21-29)30-22-13-8-14-23-30)35(31-24-15-9-16-25-31)32-26-17-10-18-27-32/h7-18,20-27,33H,2-6,19,28H2,1H3. The van der Waals surface area contributed by atoms with Crippen LogP contribution in [0.2, 0.25) is 0 Å². The molecule has 0 spiro atoms. The minimum Gasteiger partial charge on any atom is -0.320 e. The molecule has 0 atom stereocenters. The summed E-state index contributed by atoms with van der Waals surface area (Å²) in [7, 11) is 0. The van der Waals surface area contributed by atoms with E-state index in [9.17, 15) is 0 Å². The summed E-state index contributed by atoms with van der Waals surface area (Å²) in [5.41, 5.74) is 4.86. The van der Waals surface area contributed by atoms with Crippen LogP contribution in [0.3, 0.4) is 0 Å². The van der Waals surface area contributed by atoms with Crippen molar-refractivity contribution in [3.63, 3.8) is 0 Å². The summed E-state index contributed by atoms with van der Waals surface area (Å²) in [6, 6.07) is 43.4. The highest BCUT2D eigenvalue weighted by molar-refractivity contribution is 5.71. The average Bonchev–Trinajstić information content (AvgIpc) is 2.93. The van der Waals surface area contributed by atoms with E-state index in [4.69, 9.17) is 0 Å². The van der Waals surface area contributed by atoms with Gasteiger partial charge in [0.25, 0.3) is 0 Å². The van der Waals surface area contributed by atoms with Crippen LogP contribution in [0.4, 0.5) is 22.7 Å². The van der Waals surface area contributed by atoms with Crippen molar-refractivity contribution in [2.75, 3.05) is 9.80 Å². The van der Waals surface area contributed by atoms with E-state index >= 15 is 0 Å². The Bertz CT molecular complexity index is 919. The fraction of sp³-hybridized carbons (Fsp3) is 0.273. The Kier molecular flexibility index (Phi) is 9.41. The van der Waals surface area contributed by atoms with Gasteiger partial charge in [-0.2, -0.15) is 0 Å². The van der Waals surface area contributed by atoms with Gasteiger partial charge in [0.1, 0.15) is 6.17 Å². The Balaban J connectivity index is 1.77. The van der Waals surface area contributed by atoms with Gasteiger partial charge in [0.2, 0.25) is 0 Å². The highest BCUT2D eigenvalue weighted by Gasteiger charge is 2.28. The second-order valence-corrected chi connectivity index (χ2v) is 9.12. The van der Waals surface area contributed by atoms with Crippen LogP contribution < -0.4 is 9.80 Å². The summed E-state index contributed by atoms with van der Waals surface area (Å²) in [6.45, 7) is 2.28. The molecular formula is C33H38N2. The van der Waals surface area contributed by atoms with Gasteiger partial charge < -0.3 is 9.80 Å². The molecule has 180 valence electrons. The van der Waals surface area contributed by atoms with Crippen molar-refractivity contribution in [3.8, 4) is 0 Å². The van der Waals surface area contributed by atoms with Crippen molar-refractivity contribution >= 4 is 22.7 Å². The SMILES string of the molecule is CCCCCCCCC(N(c1ccccc1)c1ccccc1)N(c1ccccc1)c1ccccc1. The molecule has 0 aromatic heterocycles. The molecule has 0 aliphatic heterocycles. The molecule has 0 saturated carbocycles. The first kappa shape index (κ1) is 24.6. The van der Waals surface area contributed by atoms with E-state index in [-0.39, 0.29) is 6.17 Å². The first-order valence-corrected chi connectivity index (χ1v) is 13.2. The Hall–Kier alpha value is -3.52. The summed E-state index contributed by atoms with van der Waals surface area (Å²) in [4.78, 5) is 5.04. The van der Waals surface area contributed by atoms with Crippen molar-refractivity contribution in [1.29, 1.82) is 0 Å². The number of hydrogen-bond donors (Lipinski definition) is 0. The van der Waals surface area contributed by atoms with Crippen LogP contribution in [0.1, 0.15) is 51.9 Å². The summed E-state index contributed by atoms with van der Waals surface area (Å²) in [5.74, 6) is 0. The van der Waals surface area contributed by atoms with E-state index in [0.29, 0.717) is 0 Å². The highest BCUT2D eigenvalue weighted by Crippen LogP contribution is 2.37. The lowest BCUT2D eigenvalue weighted by Gasteiger charge is -2.42. The molecular weight excluding hydrogens is 424 g/mol. The zero-order valence-corrected chi connectivity index (χ0v) is 21.0. The molecule has 0 heterocycles. The van der Waals surface area contributed by atoms with Crippen LogP contribution in [-0.2, 0) is 0 Å². The molecule has 4 aromatic rings. The normalized spacial score (nSPS) is 10.9. The summed E-state index contributed by atoms with van der Waals surface area (Å²) in [6.07, 6.45) is 8.94. The summed E-state index contributed by atoms with van der Waals surface area (Å²) < 4.78 is 0. The minimum absolute atomic E-state index is 0.135. The van der Waals surface area contributed by atoms with Gasteiger partial charge in [-0.1, -0.05) is 112 Å². The Morgan fingerprint density at radius 3 is 1.09 bits per heavy atom. The molecule has 4 rings (SSSR count). The van der Waals surface area contributed by atoms with Crippen molar-refractivity contribution in [1.82, 2.24) is 0 Å². The van der Waals surface area contributed by atoms with E-state index < -0.39 is 0 Å². The molecule has 35 heavy (non-hydrogen) atoms. The lowest BCUT2D eigenvalue weighted by atomic mass is 10.0. The predicted molar refractivity (Wildman–Crippen MR) is 152 cm³/mol. The third-order valence-corrected chi connectivity index (χ3v) is 6.55. The lowest BCUT2D eigenvalue weighted by Crippen LogP contribution is -2.44. The molecule has 2 nitrogen and oxygen atoms in total. The fourth-order valence-electron chi connectivity index (χ4n) is 4.82. The first-order chi connectivity index (χ1) is 17.4. The van der Waals surface area contributed by atoms with Gasteiger partial charge in [-0.15, -0.1) is 0 Å². The van der Waals surface area contributed by atoms with Gasteiger partial charge in [-0.25, -0.2) is 0 Å². The van der Waals surface area contributed by atoms with Gasteiger partial charge in [0.15, 0.2) is 0 Å². The third-order valence-electron chi connectivity index (χ3n) is 6.55. The molecule has 0 aliphatic carbocycles. The van der Waals surface area contributed by atoms with Gasteiger partial charge in [-0.05, 0) is 61.4 Å². The largest absolute Gasteiger partial charge is 0.320 e. The first-order valence-electron chi connectivity index (χ1n) is 13.2. The second kappa shape index (κ2) is 13.4. The van der Waals surface area contributed by atoms with Crippen LogP contribution in [0, 0.1) is 0 Å². The van der Waals surface area contributed by atoms with E-state index in [0.717, 1.165) is 6.42 Å². The van der Waals surface area contributed by atoms with Gasteiger partial charge in [0, 0.05) is 22.7 Å². The number of anilines is 4. The lowest BCUT2D eigenvalue weighted by molar-refractivity contribution is 0.531. The van der Waals surface area contributed by atoms with Crippen molar-refractivity contribution in [3.05, 3.63) is 121 Å². The molecule has 0 bridgehead atoms. The molecule has 0 radical (unpaired) electrons. The van der Waals surface area contributed by atoms with E-state index in [1.54, 1.807) is 0 Å². The quantitative estimate of drug-likeness (QED) is 0.144. The topological polar surface area (TPSA) is 6.48 Å². The van der Waals surface area contributed by atoms with E-state index in [1.807, 2.05) is 0 Å². The average molecular weight is 463 g/mol. The van der Waals surface area contributed by atoms with Gasteiger partial charge >= 0.3 is 0 Å².